The summed E-state index contributed by atoms with van der Waals surface area (Å²) in [5, 5.41) is 7.69. The molecule has 10 heteroatoms. The Morgan fingerprint density at radius 2 is 2.06 bits per heavy atom. The summed E-state index contributed by atoms with van der Waals surface area (Å²) in [6.45, 7) is 4.40. The molecule has 2 aromatic heterocycles. The van der Waals surface area contributed by atoms with Crippen molar-refractivity contribution in [1.82, 2.24) is 19.7 Å². The van der Waals surface area contributed by atoms with Crippen LogP contribution >= 0.6 is 0 Å². The Morgan fingerprint density at radius 3 is 2.80 bits per heavy atom. The van der Waals surface area contributed by atoms with Crippen LogP contribution in [0.2, 0.25) is 0 Å². The predicted molar refractivity (Wildman–Crippen MR) is 128 cm³/mol. The molecule has 2 aliphatic rings. The van der Waals surface area contributed by atoms with Crippen molar-refractivity contribution in [3.8, 4) is 16.8 Å². The highest BCUT2D eigenvalue weighted by Gasteiger charge is 2.34. The second-order valence-electron chi connectivity index (χ2n) is 9.19. The molecule has 8 nitrogen and oxygen atoms in total. The third-order valence-electron chi connectivity index (χ3n) is 6.80. The fourth-order valence-corrected chi connectivity index (χ4v) is 4.82. The van der Waals surface area contributed by atoms with Crippen LogP contribution in [0.25, 0.3) is 16.8 Å². The van der Waals surface area contributed by atoms with Crippen molar-refractivity contribution < 1.29 is 18.3 Å². The van der Waals surface area contributed by atoms with Gasteiger partial charge < -0.3 is 15.8 Å². The molecule has 0 aliphatic carbocycles. The number of primary amides is 1. The lowest BCUT2D eigenvalue weighted by atomic mass is 10.0. The minimum absolute atomic E-state index is 0.192. The highest BCUT2D eigenvalue weighted by molar-refractivity contribution is 5.93. The molecule has 3 atom stereocenters. The average Bonchev–Trinajstić information content (AvgIpc) is 3.53. The lowest BCUT2D eigenvalue weighted by Gasteiger charge is -2.38. The van der Waals surface area contributed by atoms with E-state index in [9.17, 15) is 13.6 Å². The van der Waals surface area contributed by atoms with Gasteiger partial charge >= 0.3 is 0 Å². The SMILES string of the molecule is Cc1cc(F)c(C(N)=O)cc1-n1cc(-c2cncc(NC3CCN(C4CCOC4)C[C@H]3F)c2)cn1. The number of carbonyl (C=O) groups excluding carboxylic acids is 1. The zero-order valence-corrected chi connectivity index (χ0v) is 19.5. The molecule has 5 rings (SSSR count). The van der Waals surface area contributed by atoms with E-state index in [4.69, 9.17) is 10.5 Å². The summed E-state index contributed by atoms with van der Waals surface area (Å²) in [6.07, 6.45) is 7.49. The van der Waals surface area contributed by atoms with Crippen LogP contribution in [-0.2, 0) is 4.74 Å². The Labute approximate surface area is 202 Å². The Bertz CT molecular complexity index is 1230. The van der Waals surface area contributed by atoms with Crippen LogP contribution in [-0.4, -0.2) is 70.1 Å². The maximum absolute atomic E-state index is 15.0. The van der Waals surface area contributed by atoms with Gasteiger partial charge in [-0.05, 0) is 43.5 Å². The molecule has 184 valence electrons. The molecular formula is C25H28F2N6O2. The first-order valence-corrected chi connectivity index (χ1v) is 11.7. The Kier molecular flexibility index (Phi) is 6.48. The molecule has 35 heavy (non-hydrogen) atoms. The van der Waals surface area contributed by atoms with E-state index in [-0.39, 0.29) is 11.6 Å². The third kappa shape index (κ3) is 4.89. The molecule has 0 saturated carbocycles. The lowest BCUT2D eigenvalue weighted by Crippen LogP contribution is -2.51. The Balaban J connectivity index is 1.31. The van der Waals surface area contributed by atoms with Crippen molar-refractivity contribution in [1.29, 1.82) is 0 Å². The van der Waals surface area contributed by atoms with Crippen LogP contribution in [0.3, 0.4) is 0 Å². The quantitative estimate of drug-likeness (QED) is 0.560. The number of amides is 1. The molecule has 3 N–H and O–H groups in total. The second-order valence-corrected chi connectivity index (χ2v) is 9.19. The molecule has 0 radical (unpaired) electrons. The number of rotatable bonds is 6. The van der Waals surface area contributed by atoms with Crippen molar-refractivity contribution in [2.24, 2.45) is 5.73 Å². The highest BCUT2D eigenvalue weighted by atomic mass is 19.1. The number of pyridine rings is 1. The molecule has 2 fully saturated rings. The van der Waals surface area contributed by atoms with Crippen LogP contribution < -0.4 is 11.1 Å². The van der Waals surface area contributed by atoms with Crippen LogP contribution in [0, 0.1) is 12.7 Å². The number of benzene rings is 1. The number of nitrogens with one attached hydrogen (secondary N) is 1. The maximum Gasteiger partial charge on any atom is 0.251 e. The largest absolute Gasteiger partial charge is 0.380 e. The van der Waals surface area contributed by atoms with Crippen molar-refractivity contribution in [2.75, 3.05) is 31.6 Å². The van der Waals surface area contributed by atoms with Gasteiger partial charge in [-0.2, -0.15) is 5.10 Å². The number of carbonyl (C=O) groups is 1. The number of nitrogens with zero attached hydrogens (tertiary/aromatic N) is 4. The molecule has 2 aliphatic heterocycles. The van der Waals surface area contributed by atoms with Gasteiger partial charge in [0.1, 0.15) is 12.0 Å². The normalized spacial score (nSPS) is 22.9. The standard InChI is InChI=1S/C25H28F2N6O2/c1-15-6-21(26)20(25(28)34)8-24(15)33-12-17(10-30-33)16-7-18(11-29-9-16)31-23-2-4-32(13-22(23)27)19-3-5-35-14-19/h6-12,19,22-23,31H,2-5,13-14H2,1H3,(H2,28,34)/t19?,22-,23?/m1/s1. The van der Waals surface area contributed by atoms with E-state index in [2.05, 4.69) is 20.3 Å². The summed E-state index contributed by atoms with van der Waals surface area (Å²) in [5.74, 6) is -1.50. The monoisotopic (exact) mass is 482 g/mol. The number of likely N-dealkylation sites (tertiary alicyclic amines) is 1. The molecule has 1 amide bonds. The van der Waals surface area contributed by atoms with E-state index in [1.165, 1.54) is 12.1 Å². The summed E-state index contributed by atoms with van der Waals surface area (Å²) < 4.78 is 36.0. The van der Waals surface area contributed by atoms with Crippen molar-refractivity contribution >= 4 is 11.6 Å². The van der Waals surface area contributed by atoms with Crippen molar-refractivity contribution in [3.63, 3.8) is 0 Å². The number of aromatic nitrogens is 3. The first-order valence-electron chi connectivity index (χ1n) is 11.7. The zero-order valence-electron chi connectivity index (χ0n) is 19.5. The topological polar surface area (TPSA) is 98.3 Å². The van der Waals surface area contributed by atoms with Gasteiger partial charge in [0.15, 0.2) is 0 Å². The number of anilines is 1. The smallest absolute Gasteiger partial charge is 0.251 e. The Morgan fingerprint density at radius 1 is 1.20 bits per heavy atom. The number of hydrogen-bond acceptors (Lipinski definition) is 6. The fourth-order valence-electron chi connectivity index (χ4n) is 4.82. The third-order valence-corrected chi connectivity index (χ3v) is 6.80. The minimum Gasteiger partial charge on any atom is -0.380 e. The number of alkyl halides is 1. The molecule has 0 bridgehead atoms. The van der Waals surface area contributed by atoms with Gasteiger partial charge in [0.05, 0.1) is 35.8 Å². The number of halogens is 2. The zero-order chi connectivity index (χ0) is 24.5. The predicted octanol–water partition coefficient (Wildman–Crippen LogP) is 3.09. The summed E-state index contributed by atoms with van der Waals surface area (Å²) in [6, 6.07) is 4.60. The number of ether oxygens (including phenoxy) is 1. The van der Waals surface area contributed by atoms with Gasteiger partial charge in [-0.3, -0.25) is 14.7 Å². The molecule has 0 spiro atoms. The molecule has 4 heterocycles. The van der Waals surface area contributed by atoms with Gasteiger partial charge in [-0.15, -0.1) is 0 Å². The first kappa shape index (κ1) is 23.4. The van der Waals surface area contributed by atoms with Crippen LogP contribution in [0.5, 0.6) is 0 Å². The first-order chi connectivity index (χ1) is 16.9. The molecule has 3 aromatic rings. The van der Waals surface area contributed by atoms with Gasteiger partial charge in [0.2, 0.25) is 0 Å². The average molecular weight is 483 g/mol. The number of nitrogens with two attached hydrogens (primary N) is 1. The number of hydrogen-bond donors (Lipinski definition) is 2. The van der Waals surface area contributed by atoms with Gasteiger partial charge in [-0.25, -0.2) is 13.5 Å². The van der Waals surface area contributed by atoms with Crippen LogP contribution in [0.15, 0.2) is 43.0 Å². The summed E-state index contributed by atoms with van der Waals surface area (Å²) in [5.41, 5.74) is 8.57. The van der Waals surface area contributed by atoms with Gasteiger partial charge in [0, 0.05) is 55.5 Å². The number of aryl methyl sites for hydroxylation is 1. The summed E-state index contributed by atoms with van der Waals surface area (Å²) >= 11 is 0. The highest BCUT2D eigenvalue weighted by Crippen LogP contribution is 2.27. The van der Waals surface area contributed by atoms with Crippen molar-refractivity contribution in [2.45, 2.75) is 38.0 Å². The molecule has 2 saturated heterocycles. The van der Waals surface area contributed by atoms with E-state index in [1.807, 2.05) is 6.07 Å². The fraction of sp³-hybridized carbons (Fsp3) is 0.400. The van der Waals surface area contributed by atoms with Crippen LogP contribution in [0.1, 0.15) is 28.8 Å². The van der Waals surface area contributed by atoms with E-state index in [0.717, 1.165) is 36.4 Å². The van der Waals surface area contributed by atoms with E-state index in [0.29, 0.717) is 36.9 Å². The maximum atomic E-state index is 15.0. The van der Waals surface area contributed by atoms with Gasteiger partial charge in [0.25, 0.3) is 5.91 Å². The van der Waals surface area contributed by atoms with Crippen LogP contribution in [0.4, 0.5) is 14.5 Å². The lowest BCUT2D eigenvalue weighted by molar-refractivity contribution is 0.0789. The van der Waals surface area contributed by atoms with E-state index in [1.54, 1.807) is 36.4 Å². The van der Waals surface area contributed by atoms with Gasteiger partial charge in [-0.1, -0.05) is 0 Å². The number of piperidine rings is 1. The molecular weight excluding hydrogens is 454 g/mol. The molecule has 1 aromatic carbocycles. The summed E-state index contributed by atoms with van der Waals surface area (Å²) in [4.78, 5) is 18.1. The minimum atomic E-state index is -0.989. The Hall–Kier alpha value is -3.37. The summed E-state index contributed by atoms with van der Waals surface area (Å²) in [7, 11) is 0. The van der Waals surface area contributed by atoms with E-state index >= 15 is 0 Å². The second kappa shape index (κ2) is 9.71. The van der Waals surface area contributed by atoms with E-state index < -0.39 is 17.9 Å². The van der Waals surface area contributed by atoms with Crippen molar-refractivity contribution in [3.05, 3.63) is 59.9 Å². The molecule has 2 unspecified atom stereocenters.